The van der Waals surface area contributed by atoms with Gasteiger partial charge in [-0.05, 0) is 54.7 Å². The van der Waals surface area contributed by atoms with Crippen molar-refractivity contribution in [2.75, 3.05) is 39.4 Å². The molecule has 2 aliphatic rings. The van der Waals surface area contributed by atoms with Crippen LogP contribution in [0.1, 0.15) is 40.4 Å². The molecule has 1 aliphatic carbocycles. The van der Waals surface area contributed by atoms with Crippen LogP contribution < -0.4 is 18.9 Å². The van der Waals surface area contributed by atoms with E-state index in [0.29, 0.717) is 4.73 Å². The predicted molar refractivity (Wildman–Crippen MR) is 180 cm³/mol. The van der Waals surface area contributed by atoms with Crippen molar-refractivity contribution in [3.05, 3.63) is 80.7 Å². The summed E-state index contributed by atoms with van der Waals surface area (Å²) in [6.07, 6.45) is 2.61. The van der Waals surface area contributed by atoms with Crippen molar-refractivity contribution in [1.82, 2.24) is 9.21 Å². The fourth-order valence-electron chi connectivity index (χ4n) is 5.12. The van der Waals surface area contributed by atoms with Gasteiger partial charge in [0.2, 0.25) is 10.0 Å². The predicted octanol–water partition coefficient (Wildman–Crippen LogP) is 5.32. The lowest BCUT2D eigenvalue weighted by molar-refractivity contribution is -0.605. The highest BCUT2D eigenvalue weighted by Gasteiger charge is 2.42. The van der Waals surface area contributed by atoms with E-state index in [1.807, 2.05) is 0 Å². The zero-order chi connectivity index (χ0) is 36.3. The first-order valence-electron chi connectivity index (χ1n) is 15.2. The van der Waals surface area contributed by atoms with Gasteiger partial charge in [-0.25, -0.2) is 8.42 Å². The molecule has 0 bridgehead atoms. The largest absolute Gasteiger partial charge is 0.619 e. The quantitative estimate of drug-likeness (QED) is 0.120. The summed E-state index contributed by atoms with van der Waals surface area (Å²) in [6, 6.07) is 6.59. The van der Waals surface area contributed by atoms with Gasteiger partial charge < -0.3 is 29.1 Å². The molecule has 2 atom stereocenters. The number of nitrogens with zero attached hydrogens (tertiary/aromatic N) is 3. The summed E-state index contributed by atoms with van der Waals surface area (Å²) in [7, 11) is 0.0245. The first kappa shape index (κ1) is 37.7. The molecular weight excluding hydrogens is 743 g/mol. The zero-order valence-electron chi connectivity index (χ0n) is 27.0. The zero-order valence-corrected chi connectivity index (χ0v) is 30.2. The number of halogens is 4. The van der Waals surface area contributed by atoms with Crippen LogP contribution in [0.5, 0.6) is 17.2 Å². The summed E-state index contributed by atoms with van der Waals surface area (Å²) in [4.78, 5) is 27.8. The highest BCUT2D eigenvalue weighted by atomic mass is 35.5. The number of aromatic nitrogens is 1. The molecule has 18 heteroatoms. The van der Waals surface area contributed by atoms with Crippen LogP contribution in [0, 0.1) is 11.1 Å². The standard InChI is InChI=1S/C32H33Cl2F2N3O9S2/c1-37(2)30(40)22-11-20(7-9-26(22)45-3)50(43,44)39-17-49-16-25(39)31(41)47-28(12-21-23(33)13-38(42)14-24(21)34)19-6-8-27(48-32(35)36)29(10-19)46-15-18-4-5-18/h6-11,13-14,18,25,28,32H,4-5,12,15-17H2,1-3H3/t25-,28-/m0/s1. The van der Waals surface area contributed by atoms with Gasteiger partial charge >= 0.3 is 12.6 Å². The number of benzene rings is 2. The number of thioether (sulfide) groups is 1. The number of alkyl halides is 2. The van der Waals surface area contributed by atoms with Crippen molar-refractivity contribution in [3.8, 4) is 17.2 Å². The van der Waals surface area contributed by atoms with Crippen molar-refractivity contribution >= 4 is 56.9 Å². The smallest absolute Gasteiger partial charge is 0.387 e. The highest BCUT2D eigenvalue weighted by molar-refractivity contribution is 8.00. The van der Waals surface area contributed by atoms with Crippen LogP contribution in [0.2, 0.25) is 10.0 Å². The van der Waals surface area contributed by atoms with Gasteiger partial charge in [0.1, 0.15) is 27.9 Å². The average Bonchev–Trinajstić information content (AvgIpc) is 3.75. The lowest BCUT2D eigenvalue weighted by Crippen LogP contribution is -2.43. The minimum atomic E-state index is -4.35. The van der Waals surface area contributed by atoms with Crippen LogP contribution in [-0.2, 0) is 26.0 Å². The maximum absolute atomic E-state index is 13.9. The van der Waals surface area contributed by atoms with E-state index in [9.17, 15) is 32.0 Å². The van der Waals surface area contributed by atoms with Gasteiger partial charge in [0.05, 0.1) is 30.1 Å². The molecule has 1 amide bonds. The Labute approximate surface area is 301 Å². The molecule has 0 unspecified atom stereocenters. The summed E-state index contributed by atoms with van der Waals surface area (Å²) >= 11 is 13.9. The number of amides is 1. The number of rotatable bonds is 14. The molecule has 2 aromatic carbocycles. The topological polar surface area (TPSA) is 139 Å². The third-order valence-electron chi connectivity index (χ3n) is 7.96. The number of hydrogen-bond donors (Lipinski definition) is 0. The summed E-state index contributed by atoms with van der Waals surface area (Å²) in [6.45, 7) is -2.87. The van der Waals surface area contributed by atoms with Crippen molar-refractivity contribution < 1.29 is 50.5 Å². The van der Waals surface area contributed by atoms with Gasteiger partial charge in [0, 0.05) is 31.8 Å². The van der Waals surface area contributed by atoms with Crippen LogP contribution in [-0.4, -0.2) is 81.6 Å². The summed E-state index contributed by atoms with van der Waals surface area (Å²) in [5.41, 5.74) is 0.534. The Hall–Kier alpha value is -3.57. The normalized spacial score (nSPS) is 17.0. The second-order valence-corrected chi connectivity index (χ2v) is 15.4. The molecule has 50 heavy (non-hydrogen) atoms. The number of carbonyl (C=O) groups excluding carboxylic acids is 2. The third kappa shape index (κ3) is 8.65. The van der Waals surface area contributed by atoms with E-state index in [-0.39, 0.29) is 79.5 Å². The monoisotopic (exact) mass is 775 g/mol. The molecule has 0 N–H and O–H groups in total. The minimum absolute atomic E-state index is 0.0124. The number of esters is 1. The summed E-state index contributed by atoms with van der Waals surface area (Å²) < 4.78 is 77.5. The van der Waals surface area contributed by atoms with Crippen LogP contribution in [0.25, 0.3) is 0 Å². The number of hydrogen-bond acceptors (Lipinski definition) is 10. The Kier molecular flexibility index (Phi) is 11.9. The van der Waals surface area contributed by atoms with Gasteiger partial charge in [-0.1, -0.05) is 29.3 Å². The third-order valence-corrected chi connectivity index (χ3v) is 11.6. The summed E-state index contributed by atoms with van der Waals surface area (Å²) in [5.74, 6) is -1.25. The van der Waals surface area contributed by atoms with Crippen molar-refractivity contribution in [1.29, 1.82) is 0 Å². The van der Waals surface area contributed by atoms with Crippen LogP contribution in [0.4, 0.5) is 8.78 Å². The van der Waals surface area contributed by atoms with Crippen LogP contribution in [0.3, 0.4) is 0 Å². The number of methoxy groups -OCH3 is 1. The highest BCUT2D eigenvalue weighted by Crippen LogP contribution is 2.39. The fourth-order valence-corrected chi connectivity index (χ4v) is 8.87. The SMILES string of the molecule is COc1ccc(S(=O)(=O)N2CSC[C@H]2C(=O)O[C@@H](Cc2c(Cl)c[n+]([O-])cc2Cl)c2ccc(OC(F)F)c(OCC3CC3)c2)cc1C(=O)N(C)C. The van der Waals surface area contributed by atoms with Crippen molar-refractivity contribution in [3.63, 3.8) is 0 Å². The second kappa shape index (κ2) is 15.8. The lowest BCUT2D eigenvalue weighted by atomic mass is 10.0. The van der Waals surface area contributed by atoms with Gasteiger partial charge in [0.15, 0.2) is 23.9 Å². The van der Waals surface area contributed by atoms with Gasteiger partial charge in [0.25, 0.3) is 5.91 Å². The van der Waals surface area contributed by atoms with E-state index in [0.717, 1.165) is 29.5 Å². The van der Waals surface area contributed by atoms with E-state index in [1.165, 1.54) is 74.3 Å². The molecule has 0 spiro atoms. The second-order valence-electron chi connectivity index (χ2n) is 11.7. The van der Waals surface area contributed by atoms with E-state index < -0.39 is 40.7 Å². The van der Waals surface area contributed by atoms with E-state index in [2.05, 4.69) is 4.74 Å². The van der Waals surface area contributed by atoms with Crippen molar-refractivity contribution in [2.24, 2.45) is 5.92 Å². The van der Waals surface area contributed by atoms with Crippen LogP contribution >= 0.6 is 35.0 Å². The molecule has 3 aromatic rings. The maximum atomic E-state index is 13.9. The molecule has 5 rings (SSSR count). The van der Waals surface area contributed by atoms with E-state index in [4.69, 9.17) is 37.4 Å². The Bertz CT molecular complexity index is 1840. The van der Waals surface area contributed by atoms with Gasteiger partial charge in [-0.2, -0.15) is 17.8 Å². The molecule has 12 nitrogen and oxygen atoms in total. The Morgan fingerprint density at radius 3 is 2.38 bits per heavy atom. The lowest BCUT2D eigenvalue weighted by Gasteiger charge is -2.26. The first-order valence-corrected chi connectivity index (χ1v) is 18.5. The Morgan fingerprint density at radius 2 is 1.76 bits per heavy atom. The summed E-state index contributed by atoms with van der Waals surface area (Å²) in [5, 5.41) is 11.9. The molecule has 0 radical (unpaired) electrons. The Balaban J connectivity index is 1.48. The van der Waals surface area contributed by atoms with Gasteiger partial charge in [-0.3, -0.25) is 9.59 Å². The van der Waals surface area contributed by atoms with E-state index in [1.54, 1.807) is 0 Å². The average molecular weight is 777 g/mol. The van der Waals surface area contributed by atoms with Gasteiger partial charge in [-0.15, -0.1) is 11.8 Å². The molecule has 1 saturated carbocycles. The molecule has 2 fully saturated rings. The fraction of sp³-hybridized carbons (Fsp3) is 0.406. The number of sulfonamides is 1. The Morgan fingerprint density at radius 1 is 1.08 bits per heavy atom. The molecule has 1 aromatic heterocycles. The maximum Gasteiger partial charge on any atom is 0.387 e. The van der Waals surface area contributed by atoms with Crippen LogP contribution in [0.15, 0.2) is 53.7 Å². The minimum Gasteiger partial charge on any atom is -0.619 e. The molecule has 2 heterocycles. The molecule has 1 saturated heterocycles. The molecular formula is C32H33Cl2F2N3O9S2. The molecule has 270 valence electrons. The van der Waals surface area contributed by atoms with E-state index >= 15 is 0 Å². The number of carbonyl (C=O) groups is 2. The van der Waals surface area contributed by atoms with Crippen molar-refractivity contribution in [2.45, 2.75) is 42.9 Å². The first-order chi connectivity index (χ1) is 23.7. The number of pyridine rings is 1. The number of ether oxygens (including phenoxy) is 4. The molecule has 1 aliphatic heterocycles.